The van der Waals surface area contributed by atoms with E-state index in [4.69, 9.17) is 9.47 Å². The summed E-state index contributed by atoms with van der Waals surface area (Å²) in [5, 5.41) is 1.12. The van der Waals surface area contributed by atoms with E-state index >= 15 is 0 Å². The highest BCUT2D eigenvalue weighted by molar-refractivity contribution is 5.86. The van der Waals surface area contributed by atoms with Crippen LogP contribution in [0, 0.1) is 18.8 Å². The van der Waals surface area contributed by atoms with Gasteiger partial charge in [-0.2, -0.15) is 0 Å². The lowest BCUT2D eigenvalue weighted by Gasteiger charge is -2.28. The van der Waals surface area contributed by atoms with Gasteiger partial charge in [-0.25, -0.2) is 0 Å². The topological polar surface area (TPSA) is 31.4 Å². The Labute approximate surface area is 131 Å². The second kappa shape index (κ2) is 4.69. The van der Waals surface area contributed by atoms with Gasteiger partial charge in [-0.15, -0.1) is 0 Å². The Balaban J connectivity index is 1.85. The van der Waals surface area contributed by atoms with Crippen LogP contribution in [0.3, 0.4) is 0 Å². The lowest BCUT2D eigenvalue weighted by Crippen LogP contribution is -2.27. The van der Waals surface area contributed by atoms with Gasteiger partial charge in [0.15, 0.2) is 0 Å². The molecule has 2 aliphatic rings. The van der Waals surface area contributed by atoms with Crippen LogP contribution >= 0.6 is 0 Å². The van der Waals surface area contributed by atoms with Crippen molar-refractivity contribution in [3.05, 3.63) is 35.5 Å². The van der Waals surface area contributed by atoms with Crippen molar-refractivity contribution >= 4 is 10.9 Å². The van der Waals surface area contributed by atoms with Crippen molar-refractivity contribution in [3.8, 4) is 5.75 Å². The van der Waals surface area contributed by atoms with E-state index in [0.717, 1.165) is 35.4 Å². The molecule has 0 bridgehead atoms. The van der Waals surface area contributed by atoms with Crippen molar-refractivity contribution in [2.24, 2.45) is 11.8 Å². The van der Waals surface area contributed by atoms with E-state index in [1.807, 2.05) is 13.0 Å². The number of methoxy groups -OCH3 is 1. The fourth-order valence-corrected chi connectivity index (χ4v) is 4.53. The molecule has 1 aromatic carbocycles. The zero-order chi connectivity index (χ0) is 15.5. The van der Waals surface area contributed by atoms with Crippen molar-refractivity contribution in [2.75, 3.05) is 13.7 Å². The van der Waals surface area contributed by atoms with Gasteiger partial charge in [0, 0.05) is 22.6 Å². The van der Waals surface area contributed by atoms with Gasteiger partial charge in [-0.1, -0.05) is 13.0 Å². The fraction of sp³-hybridized carbons (Fsp3) is 0.526. The average molecular weight is 297 g/mol. The number of ether oxygens (including phenoxy) is 2. The molecule has 3 unspecified atom stereocenters. The Morgan fingerprint density at radius 3 is 2.86 bits per heavy atom. The molecule has 1 aliphatic heterocycles. The molecule has 0 spiro atoms. The van der Waals surface area contributed by atoms with E-state index in [2.05, 4.69) is 37.0 Å². The smallest absolute Gasteiger partial charge is 0.130 e. The van der Waals surface area contributed by atoms with Gasteiger partial charge in [-0.3, -0.25) is 4.98 Å². The van der Waals surface area contributed by atoms with Gasteiger partial charge in [0.25, 0.3) is 0 Å². The SMILES string of the molecule is COc1cc(C)nc2ccc(C34CC(C)OCC3[C@@H]4C)cc12. The molecule has 2 fully saturated rings. The summed E-state index contributed by atoms with van der Waals surface area (Å²) >= 11 is 0. The third kappa shape index (κ3) is 1.81. The molecule has 1 saturated heterocycles. The van der Waals surface area contributed by atoms with Gasteiger partial charge >= 0.3 is 0 Å². The molecule has 4 atom stereocenters. The van der Waals surface area contributed by atoms with Gasteiger partial charge in [0.1, 0.15) is 5.75 Å². The van der Waals surface area contributed by atoms with Crippen molar-refractivity contribution in [1.82, 2.24) is 4.98 Å². The third-order valence-corrected chi connectivity index (χ3v) is 5.81. The zero-order valence-electron chi connectivity index (χ0n) is 13.7. The summed E-state index contributed by atoms with van der Waals surface area (Å²) in [6, 6.07) is 8.74. The molecule has 4 rings (SSSR count). The quantitative estimate of drug-likeness (QED) is 0.843. The van der Waals surface area contributed by atoms with E-state index in [-0.39, 0.29) is 0 Å². The number of aryl methyl sites for hydroxylation is 1. The minimum atomic E-state index is 0.293. The van der Waals surface area contributed by atoms with Crippen LogP contribution in [0.4, 0.5) is 0 Å². The van der Waals surface area contributed by atoms with Crippen LogP contribution in [0.2, 0.25) is 0 Å². The minimum Gasteiger partial charge on any atom is -0.496 e. The van der Waals surface area contributed by atoms with Crippen LogP contribution in [-0.2, 0) is 10.2 Å². The van der Waals surface area contributed by atoms with Crippen LogP contribution in [-0.4, -0.2) is 24.8 Å². The number of benzene rings is 1. The maximum Gasteiger partial charge on any atom is 0.130 e. The number of rotatable bonds is 2. The molecule has 1 saturated carbocycles. The van der Waals surface area contributed by atoms with Crippen LogP contribution in [0.25, 0.3) is 10.9 Å². The average Bonchev–Trinajstić information content (AvgIpc) is 3.11. The summed E-state index contributed by atoms with van der Waals surface area (Å²) in [5.74, 6) is 2.27. The van der Waals surface area contributed by atoms with Crippen molar-refractivity contribution in [1.29, 1.82) is 0 Å². The maximum atomic E-state index is 5.86. The molecule has 0 radical (unpaired) electrons. The minimum absolute atomic E-state index is 0.293. The summed E-state index contributed by atoms with van der Waals surface area (Å²) in [7, 11) is 1.73. The number of aromatic nitrogens is 1. The first kappa shape index (κ1) is 14.0. The summed E-state index contributed by atoms with van der Waals surface area (Å²) in [4.78, 5) is 4.64. The summed E-state index contributed by atoms with van der Waals surface area (Å²) in [6.45, 7) is 7.45. The predicted molar refractivity (Wildman–Crippen MR) is 87.4 cm³/mol. The molecule has 2 heterocycles. The first-order valence-electron chi connectivity index (χ1n) is 8.13. The van der Waals surface area contributed by atoms with Crippen molar-refractivity contribution < 1.29 is 9.47 Å². The lowest BCUT2D eigenvalue weighted by molar-refractivity contribution is 0.0146. The van der Waals surface area contributed by atoms with E-state index in [1.54, 1.807) is 7.11 Å². The largest absolute Gasteiger partial charge is 0.496 e. The molecule has 2 aromatic rings. The zero-order valence-corrected chi connectivity index (χ0v) is 13.7. The number of nitrogens with zero attached hydrogens (tertiary/aromatic N) is 1. The lowest BCUT2D eigenvalue weighted by atomic mass is 9.84. The Morgan fingerprint density at radius 2 is 2.09 bits per heavy atom. The normalized spacial score (nSPS) is 33.5. The molecule has 0 amide bonds. The number of hydrogen-bond donors (Lipinski definition) is 0. The van der Waals surface area contributed by atoms with Crippen molar-refractivity contribution in [3.63, 3.8) is 0 Å². The molecular formula is C19H23NO2. The molecule has 3 heteroatoms. The van der Waals surface area contributed by atoms with Gasteiger partial charge in [0.2, 0.25) is 0 Å². The Kier molecular flexibility index (Phi) is 2.99. The van der Waals surface area contributed by atoms with E-state index < -0.39 is 0 Å². The van der Waals surface area contributed by atoms with Gasteiger partial charge in [0.05, 0.1) is 25.3 Å². The summed E-state index contributed by atoms with van der Waals surface area (Å²) < 4.78 is 11.4. The molecule has 1 aliphatic carbocycles. The second-order valence-corrected chi connectivity index (χ2v) is 6.98. The second-order valence-electron chi connectivity index (χ2n) is 6.98. The first-order valence-corrected chi connectivity index (χ1v) is 8.13. The molecule has 22 heavy (non-hydrogen) atoms. The molecule has 116 valence electrons. The summed E-state index contributed by atoms with van der Waals surface area (Å²) in [5.41, 5.74) is 3.73. The van der Waals surface area contributed by atoms with Crippen LogP contribution < -0.4 is 4.74 Å². The monoisotopic (exact) mass is 297 g/mol. The highest BCUT2D eigenvalue weighted by atomic mass is 16.5. The molecule has 0 N–H and O–H groups in total. The Bertz CT molecular complexity index is 742. The highest BCUT2D eigenvalue weighted by Gasteiger charge is 2.64. The van der Waals surface area contributed by atoms with Crippen LogP contribution in [0.15, 0.2) is 24.3 Å². The van der Waals surface area contributed by atoms with Crippen LogP contribution in [0.5, 0.6) is 5.75 Å². The third-order valence-electron chi connectivity index (χ3n) is 5.81. The van der Waals surface area contributed by atoms with Gasteiger partial charge < -0.3 is 9.47 Å². The van der Waals surface area contributed by atoms with Crippen LogP contribution in [0.1, 0.15) is 31.5 Å². The molecule has 3 nitrogen and oxygen atoms in total. The predicted octanol–water partition coefficient (Wildman–Crippen LogP) is 3.86. The van der Waals surface area contributed by atoms with E-state index in [9.17, 15) is 0 Å². The molecular weight excluding hydrogens is 274 g/mol. The van der Waals surface area contributed by atoms with Crippen molar-refractivity contribution in [2.45, 2.75) is 38.7 Å². The summed E-state index contributed by atoms with van der Waals surface area (Å²) in [6.07, 6.45) is 1.46. The number of pyridine rings is 1. The Hall–Kier alpha value is -1.61. The molecule has 1 aromatic heterocycles. The van der Waals surface area contributed by atoms with E-state index in [0.29, 0.717) is 23.4 Å². The fourth-order valence-electron chi connectivity index (χ4n) is 4.53. The van der Waals surface area contributed by atoms with E-state index in [1.165, 1.54) is 5.56 Å². The maximum absolute atomic E-state index is 5.86. The number of hydrogen-bond acceptors (Lipinski definition) is 3. The highest BCUT2D eigenvalue weighted by Crippen LogP contribution is 2.64. The Morgan fingerprint density at radius 1 is 1.27 bits per heavy atom. The van der Waals surface area contributed by atoms with Gasteiger partial charge in [-0.05, 0) is 49.8 Å². The first-order chi connectivity index (χ1) is 10.6. The number of fused-ring (bicyclic) bond motifs is 2. The standard InChI is InChI=1S/C19H23NO2/c1-11-7-18(21-4)15-8-14(5-6-17(15)20-11)19-9-12(2)22-10-16(19)13(19)3/h5-8,12-13,16H,9-10H2,1-4H3/t12?,13-,16?,19?/m0/s1.